The van der Waals surface area contributed by atoms with Crippen LogP contribution in [-0.4, -0.2) is 10.2 Å². The molecule has 0 unspecified atom stereocenters. The molecule has 0 aliphatic rings. The van der Waals surface area contributed by atoms with Gasteiger partial charge in [-0.05, 0) is 30.5 Å². The van der Waals surface area contributed by atoms with Crippen molar-refractivity contribution in [3.8, 4) is 11.3 Å². The summed E-state index contributed by atoms with van der Waals surface area (Å²) in [5, 5.41) is 7.77. The lowest BCUT2D eigenvalue weighted by Gasteiger charge is -2.08. The molecule has 2 rings (SSSR count). The Bertz CT molecular complexity index is 563. The van der Waals surface area contributed by atoms with Crippen molar-refractivity contribution < 1.29 is 0 Å². The molecule has 2 aromatic rings. The number of aromatic amines is 1. The lowest BCUT2D eigenvalue weighted by Crippen LogP contribution is -1.99. The smallest absolute Gasteiger partial charge is 0.149 e. The highest BCUT2D eigenvalue weighted by atomic mass is 79.9. The predicted octanol–water partition coefficient (Wildman–Crippen LogP) is 4.27. The Morgan fingerprint density at radius 2 is 2.17 bits per heavy atom. The van der Waals surface area contributed by atoms with E-state index in [2.05, 4.69) is 40.0 Å². The van der Waals surface area contributed by atoms with Crippen molar-refractivity contribution in [3.63, 3.8) is 0 Å². The maximum atomic E-state index is 6.24. The molecule has 0 saturated carbocycles. The number of halogens is 2. The third-order valence-electron chi connectivity index (χ3n) is 2.71. The molecule has 1 aromatic heterocycles. The van der Waals surface area contributed by atoms with E-state index in [1.807, 2.05) is 18.2 Å². The van der Waals surface area contributed by atoms with Gasteiger partial charge in [-0.15, -0.1) is 0 Å². The lowest BCUT2D eigenvalue weighted by atomic mass is 9.99. The molecule has 96 valence electrons. The largest absolute Gasteiger partial charge is 0.382 e. The molecule has 0 amide bonds. The van der Waals surface area contributed by atoms with Crippen molar-refractivity contribution in [1.29, 1.82) is 0 Å². The van der Waals surface area contributed by atoms with Crippen molar-refractivity contribution in [2.45, 2.75) is 20.3 Å². The van der Waals surface area contributed by atoms with E-state index in [1.165, 1.54) is 0 Å². The standard InChI is InChI=1S/C13H15BrClN3/c1-7(2)5-10-12(17-18-13(10)16)9-6-8(14)3-4-11(9)15/h3-4,6-7H,5H2,1-2H3,(H3,16,17,18). The number of H-pyrrole nitrogens is 1. The summed E-state index contributed by atoms with van der Waals surface area (Å²) in [7, 11) is 0. The third kappa shape index (κ3) is 2.70. The summed E-state index contributed by atoms with van der Waals surface area (Å²) in [6.45, 7) is 4.30. The summed E-state index contributed by atoms with van der Waals surface area (Å²) in [6, 6.07) is 5.74. The Morgan fingerprint density at radius 1 is 1.44 bits per heavy atom. The molecule has 18 heavy (non-hydrogen) atoms. The summed E-state index contributed by atoms with van der Waals surface area (Å²) < 4.78 is 0.977. The number of hydrogen-bond acceptors (Lipinski definition) is 2. The minimum Gasteiger partial charge on any atom is -0.382 e. The van der Waals surface area contributed by atoms with Crippen LogP contribution in [0.2, 0.25) is 5.02 Å². The van der Waals surface area contributed by atoms with Gasteiger partial charge in [0.15, 0.2) is 0 Å². The summed E-state index contributed by atoms with van der Waals surface area (Å²) in [4.78, 5) is 0. The number of benzene rings is 1. The van der Waals surface area contributed by atoms with Gasteiger partial charge in [0.05, 0.1) is 10.7 Å². The number of nitrogens with zero attached hydrogens (tertiary/aromatic N) is 1. The number of nitrogens with one attached hydrogen (secondary N) is 1. The maximum Gasteiger partial charge on any atom is 0.149 e. The van der Waals surface area contributed by atoms with Crippen molar-refractivity contribution >= 4 is 33.3 Å². The van der Waals surface area contributed by atoms with Gasteiger partial charge in [0.25, 0.3) is 0 Å². The fourth-order valence-corrected chi connectivity index (χ4v) is 2.48. The second-order valence-corrected chi connectivity index (χ2v) is 6.01. The summed E-state index contributed by atoms with van der Waals surface area (Å²) in [5.41, 5.74) is 8.78. The monoisotopic (exact) mass is 327 g/mol. The molecule has 1 aromatic carbocycles. The second kappa shape index (κ2) is 5.33. The average Bonchev–Trinajstić information content (AvgIpc) is 2.64. The van der Waals surface area contributed by atoms with Crippen LogP contribution in [0.1, 0.15) is 19.4 Å². The first-order chi connectivity index (χ1) is 8.49. The van der Waals surface area contributed by atoms with Gasteiger partial charge in [-0.1, -0.05) is 41.4 Å². The zero-order chi connectivity index (χ0) is 13.3. The van der Waals surface area contributed by atoms with Gasteiger partial charge in [-0.25, -0.2) is 0 Å². The number of hydrogen-bond donors (Lipinski definition) is 2. The topological polar surface area (TPSA) is 54.7 Å². The summed E-state index contributed by atoms with van der Waals surface area (Å²) >= 11 is 9.69. The Kier molecular flexibility index (Phi) is 3.97. The second-order valence-electron chi connectivity index (χ2n) is 4.68. The van der Waals surface area contributed by atoms with Crippen molar-refractivity contribution in [2.24, 2.45) is 5.92 Å². The van der Waals surface area contributed by atoms with Crippen molar-refractivity contribution in [2.75, 3.05) is 5.73 Å². The first kappa shape index (κ1) is 13.4. The molecule has 0 atom stereocenters. The van der Waals surface area contributed by atoms with Gasteiger partial charge in [-0.2, -0.15) is 5.10 Å². The zero-order valence-corrected chi connectivity index (χ0v) is 12.6. The summed E-state index contributed by atoms with van der Waals surface area (Å²) in [5.74, 6) is 1.06. The number of nitrogens with two attached hydrogens (primary N) is 1. The van der Waals surface area contributed by atoms with Crippen molar-refractivity contribution in [3.05, 3.63) is 33.3 Å². The van der Waals surface area contributed by atoms with E-state index in [0.29, 0.717) is 16.8 Å². The average molecular weight is 329 g/mol. The maximum absolute atomic E-state index is 6.24. The molecular weight excluding hydrogens is 314 g/mol. The highest BCUT2D eigenvalue weighted by Gasteiger charge is 2.16. The molecular formula is C13H15BrClN3. The van der Waals surface area contributed by atoms with Crippen LogP contribution in [-0.2, 0) is 6.42 Å². The minimum atomic E-state index is 0.509. The zero-order valence-electron chi connectivity index (χ0n) is 10.3. The fraction of sp³-hybridized carbons (Fsp3) is 0.308. The normalized spacial score (nSPS) is 11.2. The predicted molar refractivity (Wildman–Crippen MR) is 79.7 cm³/mol. The molecule has 5 heteroatoms. The van der Waals surface area contributed by atoms with Gasteiger partial charge >= 0.3 is 0 Å². The van der Waals surface area contributed by atoms with E-state index in [0.717, 1.165) is 27.7 Å². The van der Waals surface area contributed by atoms with E-state index in [4.69, 9.17) is 17.3 Å². The Balaban J connectivity index is 2.53. The molecule has 0 aliphatic heterocycles. The lowest BCUT2D eigenvalue weighted by molar-refractivity contribution is 0.649. The van der Waals surface area contributed by atoms with Crippen LogP contribution in [0.3, 0.4) is 0 Å². The minimum absolute atomic E-state index is 0.509. The fourth-order valence-electron chi connectivity index (χ4n) is 1.91. The quantitative estimate of drug-likeness (QED) is 0.884. The van der Waals surface area contributed by atoms with E-state index < -0.39 is 0 Å². The molecule has 1 heterocycles. The molecule has 0 aliphatic carbocycles. The Morgan fingerprint density at radius 3 is 2.83 bits per heavy atom. The van der Waals surface area contributed by atoms with E-state index in [9.17, 15) is 0 Å². The van der Waals surface area contributed by atoms with Crippen LogP contribution in [0.15, 0.2) is 22.7 Å². The first-order valence-electron chi connectivity index (χ1n) is 5.77. The number of aromatic nitrogens is 2. The number of rotatable bonds is 3. The van der Waals surface area contributed by atoms with E-state index in [-0.39, 0.29) is 0 Å². The summed E-state index contributed by atoms with van der Waals surface area (Å²) in [6.07, 6.45) is 0.876. The number of anilines is 1. The van der Waals surface area contributed by atoms with E-state index >= 15 is 0 Å². The van der Waals surface area contributed by atoms with Crippen LogP contribution in [0.5, 0.6) is 0 Å². The molecule has 3 nitrogen and oxygen atoms in total. The highest BCUT2D eigenvalue weighted by molar-refractivity contribution is 9.10. The Labute approximate surface area is 120 Å². The van der Waals surface area contributed by atoms with Crippen LogP contribution in [0.25, 0.3) is 11.3 Å². The van der Waals surface area contributed by atoms with Gasteiger partial charge in [0, 0.05) is 15.6 Å². The van der Waals surface area contributed by atoms with Gasteiger partial charge in [-0.3, -0.25) is 5.10 Å². The highest BCUT2D eigenvalue weighted by Crippen LogP contribution is 2.34. The molecule has 0 radical (unpaired) electrons. The molecule has 3 N–H and O–H groups in total. The number of nitrogen functional groups attached to an aromatic ring is 1. The molecule has 0 saturated heterocycles. The van der Waals surface area contributed by atoms with E-state index in [1.54, 1.807) is 0 Å². The molecule has 0 spiro atoms. The van der Waals surface area contributed by atoms with Crippen LogP contribution >= 0.6 is 27.5 Å². The van der Waals surface area contributed by atoms with Crippen LogP contribution < -0.4 is 5.73 Å². The van der Waals surface area contributed by atoms with Crippen molar-refractivity contribution in [1.82, 2.24) is 10.2 Å². The van der Waals surface area contributed by atoms with Gasteiger partial charge in [0.1, 0.15) is 5.82 Å². The van der Waals surface area contributed by atoms with Gasteiger partial charge < -0.3 is 5.73 Å². The molecule has 0 bridgehead atoms. The Hall–Kier alpha value is -1.000. The van der Waals surface area contributed by atoms with Gasteiger partial charge in [0.2, 0.25) is 0 Å². The SMILES string of the molecule is CC(C)Cc1c(N)n[nH]c1-c1cc(Br)ccc1Cl. The first-order valence-corrected chi connectivity index (χ1v) is 6.94. The molecule has 0 fully saturated rings. The van der Waals surface area contributed by atoms with Crippen LogP contribution in [0.4, 0.5) is 5.82 Å². The third-order valence-corrected chi connectivity index (χ3v) is 3.53. The van der Waals surface area contributed by atoms with Crippen LogP contribution in [0, 0.1) is 5.92 Å².